The molecule has 130 valence electrons. The van der Waals surface area contributed by atoms with Crippen LogP contribution in [0.2, 0.25) is 0 Å². The van der Waals surface area contributed by atoms with Crippen LogP contribution in [-0.4, -0.2) is 29.8 Å². The molecule has 4 heteroatoms. The lowest BCUT2D eigenvalue weighted by Crippen LogP contribution is -2.33. The Balaban J connectivity index is 1.80. The van der Waals surface area contributed by atoms with Gasteiger partial charge >= 0.3 is 0 Å². The highest BCUT2D eigenvalue weighted by atomic mass is 16.2. The number of hydrogen-bond acceptors (Lipinski definition) is 2. The van der Waals surface area contributed by atoms with Crippen LogP contribution in [0.4, 0.5) is 0 Å². The quantitative estimate of drug-likeness (QED) is 0.909. The number of carbonyl (C=O) groups is 2. The first-order valence-electron chi connectivity index (χ1n) is 8.69. The van der Waals surface area contributed by atoms with Crippen LogP contribution < -0.4 is 5.32 Å². The summed E-state index contributed by atoms with van der Waals surface area (Å²) in [4.78, 5) is 26.7. The van der Waals surface area contributed by atoms with Crippen molar-refractivity contribution in [3.63, 3.8) is 0 Å². The fraction of sp³-hybridized carbons (Fsp3) is 0.333. The molecule has 3 rings (SSSR count). The SMILES string of the molecule is CNC(=O)c1ccc(CN(C(=O)c2ccc(C)cc2C)C2CC2)cc1. The number of rotatable bonds is 5. The second kappa shape index (κ2) is 7.09. The van der Waals surface area contributed by atoms with Crippen molar-refractivity contribution in [3.8, 4) is 0 Å². The summed E-state index contributed by atoms with van der Waals surface area (Å²) in [6, 6.07) is 13.8. The van der Waals surface area contributed by atoms with Gasteiger partial charge in [0.15, 0.2) is 0 Å². The van der Waals surface area contributed by atoms with Crippen LogP contribution in [0.3, 0.4) is 0 Å². The molecule has 0 heterocycles. The lowest BCUT2D eigenvalue weighted by atomic mass is 10.0. The average molecular weight is 336 g/mol. The standard InChI is InChI=1S/C21H24N2O2/c1-14-4-11-19(15(2)12-14)21(25)23(18-9-10-18)13-16-5-7-17(8-6-16)20(24)22-3/h4-8,11-12,18H,9-10,13H2,1-3H3,(H,22,24). The van der Waals surface area contributed by atoms with Crippen LogP contribution in [0, 0.1) is 13.8 Å². The fourth-order valence-electron chi connectivity index (χ4n) is 3.06. The Kier molecular flexibility index (Phi) is 4.88. The molecule has 0 bridgehead atoms. The Morgan fingerprint density at radius 2 is 1.76 bits per heavy atom. The molecule has 1 aliphatic rings. The lowest BCUT2D eigenvalue weighted by Gasteiger charge is -2.24. The summed E-state index contributed by atoms with van der Waals surface area (Å²) in [6.45, 7) is 4.60. The van der Waals surface area contributed by atoms with Gasteiger partial charge < -0.3 is 10.2 Å². The number of benzene rings is 2. The van der Waals surface area contributed by atoms with Gasteiger partial charge in [-0.25, -0.2) is 0 Å². The minimum Gasteiger partial charge on any atom is -0.355 e. The molecule has 4 nitrogen and oxygen atoms in total. The summed E-state index contributed by atoms with van der Waals surface area (Å²) in [5.41, 5.74) is 4.63. The highest BCUT2D eigenvalue weighted by Gasteiger charge is 2.33. The minimum absolute atomic E-state index is 0.0929. The van der Waals surface area contributed by atoms with E-state index in [1.807, 2.05) is 43.0 Å². The molecule has 0 spiro atoms. The molecule has 0 unspecified atom stereocenters. The Hall–Kier alpha value is -2.62. The smallest absolute Gasteiger partial charge is 0.254 e. The normalized spacial score (nSPS) is 13.4. The van der Waals surface area contributed by atoms with E-state index in [0.29, 0.717) is 18.2 Å². The van der Waals surface area contributed by atoms with Gasteiger partial charge in [0.2, 0.25) is 0 Å². The predicted octanol–water partition coefficient (Wildman–Crippen LogP) is 3.47. The topological polar surface area (TPSA) is 49.4 Å². The number of amides is 2. The molecule has 1 fully saturated rings. The Labute approximate surface area is 148 Å². The molecule has 25 heavy (non-hydrogen) atoms. The van der Waals surface area contributed by atoms with Gasteiger partial charge in [0.1, 0.15) is 0 Å². The monoisotopic (exact) mass is 336 g/mol. The van der Waals surface area contributed by atoms with E-state index in [1.165, 1.54) is 0 Å². The van der Waals surface area contributed by atoms with Crippen LogP contribution in [0.15, 0.2) is 42.5 Å². The van der Waals surface area contributed by atoms with Crippen molar-refractivity contribution in [2.75, 3.05) is 7.05 Å². The maximum Gasteiger partial charge on any atom is 0.254 e. The van der Waals surface area contributed by atoms with Gasteiger partial charge in [0, 0.05) is 30.8 Å². The van der Waals surface area contributed by atoms with Crippen LogP contribution in [0.25, 0.3) is 0 Å². The first-order valence-corrected chi connectivity index (χ1v) is 8.69. The van der Waals surface area contributed by atoms with Gasteiger partial charge in [-0.15, -0.1) is 0 Å². The number of aryl methyl sites for hydroxylation is 2. The zero-order valence-electron chi connectivity index (χ0n) is 15.0. The van der Waals surface area contributed by atoms with Crippen LogP contribution in [-0.2, 0) is 6.54 Å². The van der Waals surface area contributed by atoms with Gasteiger partial charge in [-0.3, -0.25) is 9.59 Å². The van der Waals surface area contributed by atoms with Crippen molar-refractivity contribution in [2.45, 2.75) is 39.3 Å². The second-order valence-electron chi connectivity index (χ2n) is 6.76. The van der Waals surface area contributed by atoms with E-state index in [0.717, 1.165) is 35.1 Å². The molecule has 2 aromatic carbocycles. The van der Waals surface area contributed by atoms with Gasteiger partial charge in [0.25, 0.3) is 11.8 Å². The molecular formula is C21H24N2O2. The highest BCUT2D eigenvalue weighted by Crippen LogP contribution is 2.30. The van der Waals surface area contributed by atoms with Gasteiger partial charge in [-0.05, 0) is 56.0 Å². The molecule has 2 amide bonds. The van der Waals surface area contributed by atoms with E-state index in [-0.39, 0.29) is 11.8 Å². The largest absolute Gasteiger partial charge is 0.355 e. The Bertz CT molecular complexity index is 792. The maximum absolute atomic E-state index is 13.0. The lowest BCUT2D eigenvalue weighted by molar-refractivity contribution is 0.0728. The van der Waals surface area contributed by atoms with Crippen molar-refractivity contribution < 1.29 is 9.59 Å². The summed E-state index contributed by atoms with van der Waals surface area (Å²) >= 11 is 0. The van der Waals surface area contributed by atoms with E-state index < -0.39 is 0 Å². The fourth-order valence-corrected chi connectivity index (χ4v) is 3.06. The summed E-state index contributed by atoms with van der Waals surface area (Å²) in [5, 5.41) is 2.62. The molecule has 1 aliphatic carbocycles. The first-order chi connectivity index (χ1) is 12.0. The summed E-state index contributed by atoms with van der Waals surface area (Å²) in [5.74, 6) is -0.00710. The summed E-state index contributed by atoms with van der Waals surface area (Å²) in [6.07, 6.45) is 2.12. The van der Waals surface area contributed by atoms with E-state index >= 15 is 0 Å². The third-order valence-corrected chi connectivity index (χ3v) is 4.66. The van der Waals surface area contributed by atoms with Crippen molar-refractivity contribution >= 4 is 11.8 Å². The van der Waals surface area contributed by atoms with E-state index in [1.54, 1.807) is 19.2 Å². The van der Waals surface area contributed by atoms with Crippen LogP contribution >= 0.6 is 0 Å². The van der Waals surface area contributed by atoms with Crippen molar-refractivity contribution in [3.05, 3.63) is 70.3 Å². The average Bonchev–Trinajstić information content (AvgIpc) is 3.44. The molecule has 1 N–H and O–H groups in total. The Morgan fingerprint density at radius 1 is 1.08 bits per heavy atom. The number of nitrogens with zero attached hydrogens (tertiary/aromatic N) is 1. The van der Waals surface area contributed by atoms with Crippen molar-refractivity contribution in [2.24, 2.45) is 0 Å². The number of hydrogen-bond donors (Lipinski definition) is 1. The number of carbonyl (C=O) groups excluding carboxylic acids is 2. The first kappa shape index (κ1) is 17.2. The van der Waals surface area contributed by atoms with Gasteiger partial charge in [-0.1, -0.05) is 29.8 Å². The summed E-state index contributed by atoms with van der Waals surface area (Å²) in [7, 11) is 1.62. The molecule has 1 saturated carbocycles. The van der Waals surface area contributed by atoms with Crippen molar-refractivity contribution in [1.29, 1.82) is 0 Å². The second-order valence-corrected chi connectivity index (χ2v) is 6.76. The third-order valence-electron chi connectivity index (χ3n) is 4.66. The summed E-state index contributed by atoms with van der Waals surface area (Å²) < 4.78 is 0. The Morgan fingerprint density at radius 3 is 2.32 bits per heavy atom. The minimum atomic E-state index is -0.100. The van der Waals surface area contributed by atoms with Gasteiger partial charge in [-0.2, -0.15) is 0 Å². The molecule has 0 aliphatic heterocycles. The van der Waals surface area contributed by atoms with Crippen LogP contribution in [0.5, 0.6) is 0 Å². The molecule has 0 saturated heterocycles. The third kappa shape index (κ3) is 3.90. The van der Waals surface area contributed by atoms with Gasteiger partial charge in [0.05, 0.1) is 0 Å². The molecule has 2 aromatic rings. The van der Waals surface area contributed by atoms with E-state index in [9.17, 15) is 9.59 Å². The zero-order chi connectivity index (χ0) is 18.0. The molecule has 0 aromatic heterocycles. The molecule has 0 radical (unpaired) electrons. The predicted molar refractivity (Wildman–Crippen MR) is 98.6 cm³/mol. The highest BCUT2D eigenvalue weighted by molar-refractivity contribution is 5.96. The van der Waals surface area contributed by atoms with Crippen molar-refractivity contribution in [1.82, 2.24) is 10.2 Å². The molecular weight excluding hydrogens is 312 g/mol. The van der Waals surface area contributed by atoms with E-state index in [2.05, 4.69) is 11.4 Å². The van der Waals surface area contributed by atoms with E-state index in [4.69, 9.17) is 0 Å². The number of nitrogens with one attached hydrogen (secondary N) is 1. The molecule has 0 atom stereocenters. The maximum atomic E-state index is 13.0. The zero-order valence-corrected chi connectivity index (χ0v) is 15.0. The van der Waals surface area contributed by atoms with Crippen LogP contribution in [0.1, 0.15) is 50.2 Å².